The Balaban J connectivity index is 1.49. The van der Waals surface area contributed by atoms with E-state index < -0.39 is 0 Å². The van der Waals surface area contributed by atoms with Crippen molar-refractivity contribution in [1.82, 2.24) is 24.4 Å². The van der Waals surface area contributed by atoms with Gasteiger partial charge in [0.05, 0.1) is 5.75 Å². The Morgan fingerprint density at radius 1 is 1.07 bits per heavy atom. The second-order valence-electron chi connectivity index (χ2n) is 6.59. The zero-order valence-corrected chi connectivity index (χ0v) is 17.0. The number of benzene rings is 1. The number of hydrogen-bond donors (Lipinski definition) is 1. The number of aromatic nitrogens is 4. The molecular formula is C21H21N5O2S. The highest BCUT2D eigenvalue weighted by atomic mass is 32.2. The van der Waals surface area contributed by atoms with Crippen LogP contribution >= 0.6 is 11.8 Å². The van der Waals surface area contributed by atoms with Crippen molar-refractivity contribution in [1.29, 1.82) is 0 Å². The van der Waals surface area contributed by atoms with E-state index >= 15 is 0 Å². The van der Waals surface area contributed by atoms with Gasteiger partial charge in [0.1, 0.15) is 17.6 Å². The third-order valence-electron chi connectivity index (χ3n) is 4.53. The molecule has 0 aliphatic heterocycles. The molecule has 0 saturated carbocycles. The van der Waals surface area contributed by atoms with Gasteiger partial charge >= 0.3 is 0 Å². The van der Waals surface area contributed by atoms with E-state index in [4.69, 9.17) is 4.42 Å². The largest absolute Gasteiger partial charge is 0.455 e. The highest BCUT2D eigenvalue weighted by Gasteiger charge is 2.23. The maximum Gasteiger partial charge on any atom is 0.287 e. The Morgan fingerprint density at radius 2 is 1.83 bits per heavy atom. The molecule has 1 N–H and O–H groups in total. The number of hydrogen-bond acceptors (Lipinski definition) is 5. The number of aryl methyl sites for hydroxylation is 2. The quantitative estimate of drug-likeness (QED) is 0.474. The highest BCUT2D eigenvalue weighted by molar-refractivity contribution is 7.98. The Morgan fingerprint density at radius 3 is 2.52 bits per heavy atom. The van der Waals surface area contributed by atoms with E-state index in [0.29, 0.717) is 5.75 Å². The van der Waals surface area contributed by atoms with Crippen LogP contribution in [-0.2, 0) is 19.8 Å². The SMILES string of the molecule is Cn1ccnc1SCc1ccc(C(=O)NC(c2ccccc2)c2nccn2C)o1. The molecule has 1 amide bonds. The average Bonchev–Trinajstić information content (AvgIpc) is 3.47. The molecule has 8 heteroatoms. The van der Waals surface area contributed by atoms with E-state index in [1.165, 1.54) is 0 Å². The first-order valence-corrected chi connectivity index (χ1v) is 10.1. The minimum atomic E-state index is -0.376. The fraction of sp³-hybridized carbons (Fsp3) is 0.190. The summed E-state index contributed by atoms with van der Waals surface area (Å²) in [6.07, 6.45) is 7.23. The maximum atomic E-state index is 12.9. The number of nitrogens with one attached hydrogen (secondary N) is 1. The molecule has 0 fully saturated rings. The third-order valence-corrected chi connectivity index (χ3v) is 5.61. The molecular weight excluding hydrogens is 386 g/mol. The lowest BCUT2D eigenvalue weighted by Gasteiger charge is -2.18. The number of carbonyl (C=O) groups excluding carboxylic acids is 1. The lowest BCUT2D eigenvalue weighted by molar-refractivity contribution is 0.0912. The fourth-order valence-electron chi connectivity index (χ4n) is 3.00. The summed E-state index contributed by atoms with van der Waals surface area (Å²) in [6, 6.07) is 12.9. The van der Waals surface area contributed by atoms with Crippen LogP contribution in [-0.4, -0.2) is 25.0 Å². The Hall–Kier alpha value is -3.26. The molecule has 4 aromatic rings. The van der Waals surface area contributed by atoms with Crippen molar-refractivity contribution in [3.05, 3.63) is 90.2 Å². The van der Waals surface area contributed by atoms with Crippen LogP contribution in [0.1, 0.15) is 33.7 Å². The molecule has 0 aliphatic carbocycles. The van der Waals surface area contributed by atoms with Crippen LogP contribution in [0, 0.1) is 0 Å². The summed E-state index contributed by atoms with van der Waals surface area (Å²) in [7, 11) is 3.85. The Kier molecular flexibility index (Phi) is 5.53. The summed E-state index contributed by atoms with van der Waals surface area (Å²) in [5, 5.41) is 3.94. The van der Waals surface area contributed by atoms with Gasteiger partial charge in [0.15, 0.2) is 10.9 Å². The number of carbonyl (C=O) groups is 1. The monoisotopic (exact) mass is 407 g/mol. The van der Waals surface area contributed by atoms with Crippen LogP contribution in [0.3, 0.4) is 0 Å². The summed E-state index contributed by atoms with van der Waals surface area (Å²) < 4.78 is 9.61. The topological polar surface area (TPSA) is 77.9 Å². The normalized spacial score (nSPS) is 12.1. The predicted octanol–water partition coefficient (Wildman–Crippen LogP) is 3.56. The van der Waals surface area contributed by atoms with Crippen molar-refractivity contribution >= 4 is 17.7 Å². The van der Waals surface area contributed by atoms with Crippen LogP contribution in [0.4, 0.5) is 0 Å². The van der Waals surface area contributed by atoms with Crippen LogP contribution in [0.15, 0.2) is 76.8 Å². The Bertz CT molecular complexity index is 1100. The van der Waals surface area contributed by atoms with Crippen molar-refractivity contribution in [3.8, 4) is 0 Å². The van der Waals surface area contributed by atoms with E-state index in [9.17, 15) is 4.79 Å². The summed E-state index contributed by atoms with van der Waals surface area (Å²) >= 11 is 1.56. The molecule has 1 unspecified atom stereocenters. The Labute approximate surface area is 172 Å². The zero-order chi connectivity index (χ0) is 20.2. The highest BCUT2D eigenvalue weighted by Crippen LogP contribution is 2.24. The van der Waals surface area contributed by atoms with Crippen LogP contribution in [0.25, 0.3) is 0 Å². The molecule has 1 atom stereocenters. The zero-order valence-electron chi connectivity index (χ0n) is 16.1. The molecule has 1 aromatic carbocycles. The number of nitrogens with zero attached hydrogens (tertiary/aromatic N) is 4. The van der Waals surface area contributed by atoms with Crippen molar-refractivity contribution in [2.45, 2.75) is 17.0 Å². The molecule has 0 bridgehead atoms. The van der Waals surface area contributed by atoms with Gasteiger partial charge in [-0.2, -0.15) is 0 Å². The van der Waals surface area contributed by atoms with Gasteiger partial charge in [0.25, 0.3) is 5.91 Å². The lowest BCUT2D eigenvalue weighted by atomic mass is 10.1. The van der Waals surface area contributed by atoms with E-state index in [1.54, 1.807) is 30.2 Å². The summed E-state index contributed by atoms with van der Waals surface area (Å²) in [6.45, 7) is 0. The first-order valence-electron chi connectivity index (χ1n) is 9.13. The van der Waals surface area contributed by atoms with Gasteiger partial charge in [-0.25, -0.2) is 9.97 Å². The van der Waals surface area contributed by atoms with E-state index in [1.807, 2.05) is 72.0 Å². The van der Waals surface area contributed by atoms with Crippen LogP contribution in [0.2, 0.25) is 0 Å². The molecule has 0 radical (unpaired) electrons. The lowest BCUT2D eigenvalue weighted by Crippen LogP contribution is -2.30. The summed E-state index contributed by atoms with van der Waals surface area (Å²) in [4.78, 5) is 21.6. The molecule has 7 nitrogen and oxygen atoms in total. The molecule has 29 heavy (non-hydrogen) atoms. The molecule has 0 saturated heterocycles. The van der Waals surface area contributed by atoms with Gasteiger partial charge in [-0.05, 0) is 17.7 Å². The predicted molar refractivity (Wildman–Crippen MR) is 110 cm³/mol. The van der Waals surface area contributed by atoms with Crippen molar-refractivity contribution < 1.29 is 9.21 Å². The van der Waals surface area contributed by atoms with Gasteiger partial charge < -0.3 is 18.9 Å². The number of thioether (sulfide) groups is 1. The smallest absolute Gasteiger partial charge is 0.287 e. The van der Waals surface area contributed by atoms with Gasteiger partial charge in [-0.1, -0.05) is 42.1 Å². The van der Waals surface area contributed by atoms with Crippen LogP contribution in [0.5, 0.6) is 0 Å². The molecule has 3 heterocycles. The van der Waals surface area contributed by atoms with Gasteiger partial charge in [0.2, 0.25) is 0 Å². The molecule has 0 spiro atoms. The molecule has 148 valence electrons. The number of amides is 1. The number of rotatable bonds is 7. The van der Waals surface area contributed by atoms with E-state index in [-0.39, 0.29) is 17.7 Å². The number of furan rings is 1. The summed E-state index contributed by atoms with van der Waals surface area (Å²) in [5.41, 5.74) is 0.951. The fourth-order valence-corrected chi connectivity index (χ4v) is 3.83. The standard InChI is InChI=1S/C21H21N5O2S/c1-25-12-10-22-19(25)18(15-6-4-3-5-7-15)24-20(27)17-9-8-16(28-17)14-29-21-23-11-13-26(21)2/h3-13,18H,14H2,1-2H3,(H,24,27). The first-order chi connectivity index (χ1) is 14.1. The third kappa shape index (κ3) is 4.27. The van der Waals surface area contributed by atoms with Crippen molar-refractivity contribution in [2.24, 2.45) is 14.1 Å². The van der Waals surface area contributed by atoms with Gasteiger partial charge in [0, 0.05) is 38.9 Å². The second kappa shape index (κ2) is 8.40. The van der Waals surface area contributed by atoms with Gasteiger partial charge in [-0.15, -0.1) is 0 Å². The van der Waals surface area contributed by atoms with Crippen molar-refractivity contribution in [2.75, 3.05) is 0 Å². The maximum absolute atomic E-state index is 12.9. The molecule has 4 rings (SSSR count). The molecule has 0 aliphatic rings. The average molecular weight is 407 g/mol. The van der Waals surface area contributed by atoms with Crippen molar-refractivity contribution in [3.63, 3.8) is 0 Å². The molecule has 3 aromatic heterocycles. The number of imidazole rings is 2. The minimum absolute atomic E-state index is 0.274. The second-order valence-corrected chi connectivity index (χ2v) is 7.53. The van der Waals surface area contributed by atoms with Gasteiger partial charge in [-0.3, -0.25) is 4.79 Å². The summed E-state index contributed by atoms with van der Waals surface area (Å²) in [5.74, 6) is 2.06. The minimum Gasteiger partial charge on any atom is -0.455 e. The van der Waals surface area contributed by atoms with E-state index in [0.717, 1.165) is 22.3 Å². The van der Waals surface area contributed by atoms with E-state index in [2.05, 4.69) is 15.3 Å². The first kappa shape index (κ1) is 19.1. The van der Waals surface area contributed by atoms with Crippen LogP contribution < -0.4 is 5.32 Å².